The molecule has 0 unspecified atom stereocenters. The van der Waals surface area contributed by atoms with Crippen LogP contribution in [0.4, 0.5) is 8.78 Å². The van der Waals surface area contributed by atoms with Gasteiger partial charge in [0, 0.05) is 6.04 Å². The molecular weight excluding hydrogens is 192 g/mol. The van der Waals surface area contributed by atoms with E-state index in [4.69, 9.17) is 5.73 Å². The second-order valence-corrected chi connectivity index (χ2v) is 3.03. The Labute approximate surface area is 82.5 Å². The molecule has 84 valence electrons. The summed E-state index contributed by atoms with van der Waals surface area (Å²) in [6, 6.07) is 0.209. The lowest BCUT2D eigenvalue weighted by atomic mass is 10.4. The maximum atomic E-state index is 11.6. The zero-order valence-electron chi connectivity index (χ0n) is 8.46. The number of hydrogen-bond donors (Lipinski definition) is 2. The zero-order valence-corrected chi connectivity index (χ0v) is 8.46. The smallest absolute Gasteiger partial charge is 0.261 e. The molecule has 0 heterocycles. The van der Waals surface area contributed by atoms with Crippen molar-refractivity contribution >= 4 is 5.96 Å². The van der Waals surface area contributed by atoms with Gasteiger partial charge in [-0.25, -0.2) is 8.78 Å². The highest BCUT2D eigenvalue weighted by atomic mass is 19.3. The molecule has 0 radical (unpaired) electrons. The van der Waals surface area contributed by atoms with Crippen LogP contribution in [-0.2, 0) is 4.74 Å². The molecule has 4 nitrogen and oxygen atoms in total. The van der Waals surface area contributed by atoms with Gasteiger partial charge >= 0.3 is 0 Å². The molecule has 14 heavy (non-hydrogen) atoms. The number of rotatable bonds is 6. The SMILES string of the molecule is CC(C)NC(N)=NCCOCC(F)F. The zero-order chi connectivity index (χ0) is 11.0. The lowest BCUT2D eigenvalue weighted by Gasteiger charge is -2.08. The van der Waals surface area contributed by atoms with E-state index in [1.165, 1.54) is 0 Å². The fourth-order valence-electron chi connectivity index (χ4n) is 0.744. The van der Waals surface area contributed by atoms with Gasteiger partial charge in [-0.1, -0.05) is 0 Å². The summed E-state index contributed by atoms with van der Waals surface area (Å²) < 4.78 is 27.8. The molecule has 0 aliphatic rings. The van der Waals surface area contributed by atoms with Gasteiger partial charge in [0.25, 0.3) is 6.43 Å². The lowest BCUT2D eigenvalue weighted by molar-refractivity contribution is 0.0207. The average Bonchev–Trinajstić information content (AvgIpc) is 2.01. The Kier molecular flexibility index (Phi) is 7.00. The summed E-state index contributed by atoms with van der Waals surface area (Å²) in [5, 5.41) is 2.87. The van der Waals surface area contributed by atoms with Crippen molar-refractivity contribution in [3.8, 4) is 0 Å². The summed E-state index contributed by atoms with van der Waals surface area (Å²) in [6.07, 6.45) is -2.43. The van der Waals surface area contributed by atoms with Gasteiger partial charge in [-0.3, -0.25) is 4.99 Å². The molecule has 0 fully saturated rings. The first kappa shape index (κ1) is 13.1. The van der Waals surface area contributed by atoms with Crippen LogP contribution < -0.4 is 11.1 Å². The number of alkyl halides is 2. The Balaban J connectivity index is 3.41. The fourth-order valence-corrected chi connectivity index (χ4v) is 0.744. The summed E-state index contributed by atoms with van der Waals surface area (Å²) in [7, 11) is 0. The molecule has 0 aromatic rings. The third kappa shape index (κ3) is 9.18. The first-order chi connectivity index (χ1) is 6.52. The Morgan fingerprint density at radius 1 is 1.50 bits per heavy atom. The molecule has 0 aliphatic heterocycles. The standard InChI is InChI=1S/C8H17F2N3O/c1-6(2)13-8(11)12-3-4-14-5-7(9)10/h6-7H,3-5H2,1-2H3,(H3,11,12,13). The Morgan fingerprint density at radius 2 is 2.14 bits per heavy atom. The van der Waals surface area contributed by atoms with Gasteiger partial charge in [0.1, 0.15) is 6.61 Å². The van der Waals surface area contributed by atoms with Crippen molar-refractivity contribution in [2.75, 3.05) is 19.8 Å². The van der Waals surface area contributed by atoms with E-state index in [-0.39, 0.29) is 19.2 Å². The Morgan fingerprint density at radius 3 is 2.64 bits per heavy atom. The second-order valence-electron chi connectivity index (χ2n) is 3.03. The summed E-state index contributed by atoms with van der Waals surface area (Å²) in [4.78, 5) is 3.87. The number of nitrogens with two attached hydrogens (primary N) is 1. The fraction of sp³-hybridized carbons (Fsp3) is 0.875. The normalized spacial score (nSPS) is 12.6. The minimum Gasteiger partial charge on any atom is -0.374 e. The van der Waals surface area contributed by atoms with Gasteiger partial charge in [0.05, 0.1) is 13.2 Å². The predicted octanol–water partition coefficient (Wildman–Crippen LogP) is 0.581. The van der Waals surface area contributed by atoms with Gasteiger partial charge in [-0.05, 0) is 13.8 Å². The first-order valence-electron chi connectivity index (χ1n) is 4.44. The average molecular weight is 209 g/mol. The highest BCUT2D eigenvalue weighted by Gasteiger charge is 2.00. The highest BCUT2D eigenvalue weighted by molar-refractivity contribution is 5.77. The Hall–Kier alpha value is -0.910. The van der Waals surface area contributed by atoms with Crippen LogP contribution >= 0.6 is 0 Å². The monoisotopic (exact) mass is 209 g/mol. The molecule has 0 saturated carbocycles. The summed E-state index contributed by atoms with van der Waals surface area (Å²) >= 11 is 0. The molecule has 0 aliphatic carbocycles. The molecule has 0 atom stereocenters. The number of halogens is 2. The third-order valence-electron chi connectivity index (χ3n) is 1.20. The lowest BCUT2D eigenvalue weighted by Crippen LogP contribution is -2.37. The van der Waals surface area contributed by atoms with E-state index in [1.54, 1.807) is 0 Å². The molecule has 3 N–H and O–H groups in total. The van der Waals surface area contributed by atoms with E-state index in [0.717, 1.165) is 0 Å². The quantitative estimate of drug-likeness (QED) is 0.382. The van der Waals surface area contributed by atoms with Crippen molar-refractivity contribution < 1.29 is 13.5 Å². The minimum atomic E-state index is -2.43. The molecule has 0 aromatic heterocycles. The van der Waals surface area contributed by atoms with Gasteiger partial charge in [0.2, 0.25) is 0 Å². The van der Waals surface area contributed by atoms with E-state index in [0.29, 0.717) is 5.96 Å². The van der Waals surface area contributed by atoms with Crippen molar-refractivity contribution in [1.82, 2.24) is 5.32 Å². The largest absolute Gasteiger partial charge is 0.374 e. The van der Waals surface area contributed by atoms with Crippen molar-refractivity contribution in [2.45, 2.75) is 26.3 Å². The van der Waals surface area contributed by atoms with Crippen molar-refractivity contribution in [3.05, 3.63) is 0 Å². The molecule has 0 rings (SSSR count). The highest BCUT2D eigenvalue weighted by Crippen LogP contribution is 1.91. The van der Waals surface area contributed by atoms with Crippen LogP contribution in [0.25, 0.3) is 0 Å². The molecule has 0 spiro atoms. The first-order valence-corrected chi connectivity index (χ1v) is 4.44. The molecule has 0 amide bonds. The summed E-state index contributed by atoms with van der Waals surface area (Å²) in [5.41, 5.74) is 5.45. The maximum Gasteiger partial charge on any atom is 0.261 e. The van der Waals surface area contributed by atoms with Crippen molar-refractivity contribution in [3.63, 3.8) is 0 Å². The van der Waals surface area contributed by atoms with Crippen LogP contribution in [0.15, 0.2) is 4.99 Å². The van der Waals surface area contributed by atoms with Crippen LogP contribution in [-0.4, -0.2) is 38.2 Å². The second kappa shape index (κ2) is 7.49. The van der Waals surface area contributed by atoms with Crippen LogP contribution in [0.5, 0.6) is 0 Å². The van der Waals surface area contributed by atoms with Gasteiger partial charge in [0.15, 0.2) is 5.96 Å². The molecule has 0 bridgehead atoms. The van der Waals surface area contributed by atoms with Crippen LogP contribution in [0.3, 0.4) is 0 Å². The molecular formula is C8H17F2N3O. The third-order valence-corrected chi connectivity index (χ3v) is 1.20. The van der Waals surface area contributed by atoms with E-state index < -0.39 is 13.0 Å². The van der Waals surface area contributed by atoms with Gasteiger partial charge in [-0.2, -0.15) is 0 Å². The topological polar surface area (TPSA) is 59.6 Å². The van der Waals surface area contributed by atoms with E-state index in [2.05, 4.69) is 15.0 Å². The molecule has 6 heteroatoms. The van der Waals surface area contributed by atoms with Crippen LogP contribution in [0.2, 0.25) is 0 Å². The molecule has 0 saturated heterocycles. The number of hydrogen-bond acceptors (Lipinski definition) is 2. The number of nitrogens with one attached hydrogen (secondary N) is 1. The number of guanidine groups is 1. The number of nitrogens with zero attached hydrogens (tertiary/aromatic N) is 1. The predicted molar refractivity (Wildman–Crippen MR) is 51.6 cm³/mol. The van der Waals surface area contributed by atoms with Gasteiger partial charge < -0.3 is 15.8 Å². The van der Waals surface area contributed by atoms with Crippen molar-refractivity contribution in [1.29, 1.82) is 0 Å². The van der Waals surface area contributed by atoms with Gasteiger partial charge in [-0.15, -0.1) is 0 Å². The molecule has 0 aromatic carbocycles. The summed E-state index contributed by atoms with van der Waals surface area (Å²) in [5.74, 6) is 0.306. The number of ether oxygens (including phenoxy) is 1. The van der Waals surface area contributed by atoms with Crippen molar-refractivity contribution in [2.24, 2.45) is 10.7 Å². The summed E-state index contributed by atoms with van der Waals surface area (Å²) in [6.45, 7) is 3.75. The van der Waals surface area contributed by atoms with Crippen LogP contribution in [0.1, 0.15) is 13.8 Å². The van der Waals surface area contributed by atoms with E-state index in [1.807, 2.05) is 13.8 Å². The van der Waals surface area contributed by atoms with Crippen LogP contribution in [0, 0.1) is 0 Å². The minimum absolute atomic E-state index is 0.158. The van der Waals surface area contributed by atoms with E-state index >= 15 is 0 Å². The van der Waals surface area contributed by atoms with E-state index in [9.17, 15) is 8.78 Å². The maximum absolute atomic E-state index is 11.6. The number of aliphatic imine (C=N–C) groups is 1. The Bertz CT molecular complexity index is 174.